The molecule has 0 spiro atoms. The van der Waals surface area contributed by atoms with E-state index in [0.29, 0.717) is 17.4 Å². The van der Waals surface area contributed by atoms with Crippen LogP contribution in [0.5, 0.6) is 0 Å². The molecule has 0 amide bonds. The summed E-state index contributed by atoms with van der Waals surface area (Å²) >= 11 is 0. The van der Waals surface area contributed by atoms with Gasteiger partial charge in [-0.1, -0.05) is 74.8 Å². The van der Waals surface area contributed by atoms with Crippen LogP contribution < -0.4 is 5.11 Å². The number of aliphatic carboxylic acids is 1. The molecule has 1 atom stereocenters. The lowest BCUT2D eigenvalue weighted by atomic mass is 10.1. The first kappa shape index (κ1) is 31.9. The molecule has 5 heteroatoms. The van der Waals surface area contributed by atoms with Crippen molar-refractivity contribution in [1.82, 2.24) is 0 Å². The molecule has 0 N–H and O–H groups in total. The van der Waals surface area contributed by atoms with Gasteiger partial charge >= 0.3 is 5.97 Å². The number of rotatable bonds is 21. The van der Waals surface area contributed by atoms with Crippen molar-refractivity contribution in [1.29, 1.82) is 0 Å². The highest BCUT2D eigenvalue weighted by Crippen LogP contribution is 2.10. The van der Waals surface area contributed by atoms with E-state index in [1.807, 2.05) is 21.1 Å². The number of carbonyl (C=O) groups is 2. The first-order valence-electron chi connectivity index (χ1n) is 13.0. The van der Waals surface area contributed by atoms with E-state index in [4.69, 9.17) is 4.74 Å². The maximum atomic E-state index is 12.0. The molecule has 0 aliphatic heterocycles. The van der Waals surface area contributed by atoms with Gasteiger partial charge in [-0.3, -0.25) is 4.79 Å². The summed E-state index contributed by atoms with van der Waals surface area (Å²) in [7, 11) is 5.81. The second-order valence-corrected chi connectivity index (χ2v) is 9.85. The van der Waals surface area contributed by atoms with Crippen LogP contribution >= 0.6 is 0 Å². The molecule has 0 aliphatic carbocycles. The molecule has 1 unspecified atom stereocenters. The van der Waals surface area contributed by atoms with Crippen molar-refractivity contribution in [2.24, 2.45) is 0 Å². The molecule has 5 nitrogen and oxygen atoms in total. The average Bonchev–Trinajstić information content (AvgIpc) is 2.73. The Morgan fingerprint density at radius 2 is 1.26 bits per heavy atom. The van der Waals surface area contributed by atoms with Crippen molar-refractivity contribution in [2.75, 3.05) is 27.7 Å². The van der Waals surface area contributed by atoms with E-state index in [9.17, 15) is 14.7 Å². The Kier molecular flexibility index (Phi) is 20.1. The van der Waals surface area contributed by atoms with Gasteiger partial charge in [0, 0.05) is 18.8 Å². The van der Waals surface area contributed by atoms with Crippen molar-refractivity contribution < 1.29 is 23.9 Å². The van der Waals surface area contributed by atoms with Crippen LogP contribution in [-0.4, -0.2) is 50.2 Å². The number of nitrogens with zero attached hydrogens (tertiary/aromatic N) is 1. The van der Waals surface area contributed by atoms with Crippen molar-refractivity contribution in [3.05, 3.63) is 48.6 Å². The second kappa shape index (κ2) is 21.4. The summed E-state index contributed by atoms with van der Waals surface area (Å²) in [5, 5.41) is 10.9. The van der Waals surface area contributed by atoms with Crippen molar-refractivity contribution in [3.8, 4) is 0 Å². The number of likely N-dealkylation sites (N-methyl/N-ethyl adjacent to an activating group) is 1. The van der Waals surface area contributed by atoms with Crippen LogP contribution in [-0.2, 0) is 14.3 Å². The van der Waals surface area contributed by atoms with Gasteiger partial charge in [0.1, 0.15) is 6.54 Å². The zero-order chi connectivity index (χ0) is 25.5. The Morgan fingerprint density at radius 3 is 1.74 bits per heavy atom. The molecule has 0 heterocycles. The molecule has 0 aromatic carbocycles. The monoisotopic (exact) mass is 475 g/mol. The van der Waals surface area contributed by atoms with Gasteiger partial charge in [-0.15, -0.1) is 0 Å². The smallest absolute Gasteiger partial charge is 0.306 e. The highest BCUT2D eigenvalue weighted by Gasteiger charge is 2.22. The number of ether oxygens (including phenoxy) is 1. The van der Waals surface area contributed by atoms with Crippen LogP contribution in [0.2, 0.25) is 0 Å². The molecule has 0 fully saturated rings. The maximum absolute atomic E-state index is 12.0. The molecule has 0 aromatic rings. The third kappa shape index (κ3) is 24.5. The summed E-state index contributed by atoms with van der Waals surface area (Å²) in [6.07, 6.45) is 29.0. The lowest BCUT2D eigenvalue weighted by Gasteiger charge is -2.29. The van der Waals surface area contributed by atoms with E-state index in [0.717, 1.165) is 44.9 Å². The molecule has 0 saturated heterocycles. The highest BCUT2D eigenvalue weighted by molar-refractivity contribution is 5.70. The third-order valence-corrected chi connectivity index (χ3v) is 5.15. The summed E-state index contributed by atoms with van der Waals surface area (Å²) in [4.78, 5) is 22.9. The largest absolute Gasteiger partial charge is 0.550 e. The average molecular weight is 476 g/mol. The minimum absolute atomic E-state index is 0.257. The van der Waals surface area contributed by atoms with Gasteiger partial charge in [0.2, 0.25) is 0 Å². The second-order valence-electron chi connectivity index (χ2n) is 9.85. The first-order valence-corrected chi connectivity index (χ1v) is 13.0. The van der Waals surface area contributed by atoms with Crippen LogP contribution in [0.15, 0.2) is 48.6 Å². The molecule has 0 bridgehead atoms. The zero-order valence-electron chi connectivity index (χ0n) is 22.2. The summed E-state index contributed by atoms with van der Waals surface area (Å²) in [5.74, 6) is -1.51. The Morgan fingerprint density at radius 1 is 0.765 bits per heavy atom. The van der Waals surface area contributed by atoms with E-state index >= 15 is 0 Å². The molecular formula is C29H49NO4. The topological polar surface area (TPSA) is 66.4 Å². The number of hydrogen-bond acceptors (Lipinski definition) is 4. The van der Waals surface area contributed by atoms with E-state index in [1.54, 1.807) is 0 Å². The van der Waals surface area contributed by atoms with Gasteiger partial charge in [-0.2, -0.15) is 0 Å². The molecular weight excluding hydrogens is 426 g/mol. The maximum Gasteiger partial charge on any atom is 0.306 e. The van der Waals surface area contributed by atoms with Gasteiger partial charge < -0.3 is 19.1 Å². The van der Waals surface area contributed by atoms with Crippen molar-refractivity contribution >= 4 is 11.9 Å². The summed E-state index contributed by atoms with van der Waals surface area (Å²) in [5.41, 5.74) is 0. The van der Waals surface area contributed by atoms with Crippen LogP contribution in [0.3, 0.4) is 0 Å². The van der Waals surface area contributed by atoms with Crippen LogP contribution in [0.25, 0.3) is 0 Å². The van der Waals surface area contributed by atoms with E-state index in [1.165, 1.54) is 25.7 Å². The predicted molar refractivity (Wildman–Crippen MR) is 140 cm³/mol. The first-order chi connectivity index (χ1) is 16.2. The van der Waals surface area contributed by atoms with Crippen LogP contribution in [0.4, 0.5) is 0 Å². The quantitative estimate of drug-likeness (QED) is 0.0928. The fraction of sp³-hybridized carbons (Fsp3) is 0.655. The Bertz CT molecular complexity index is 641. The Hall–Kier alpha value is -2.14. The summed E-state index contributed by atoms with van der Waals surface area (Å²) in [6, 6.07) is 0. The molecule has 194 valence electrons. The molecule has 0 aromatic heterocycles. The normalized spacial score (nSPS) is 13.5. The fourth-order valence-corrected chi connectivity index (χ4v) is 3.45. The zero-order valence-corrected chi connectivity index (χ0v) is 22.2. The van der Waals surface area contributed by atoms with E-state index < -0.39 is 12.1 Å². The molecule has 34 heavy (non-hydrogen) atoms. The van der Waals surface area contributed by atoms with Gasteiger partial charge in [-0.05, 0) is 51.4 Å². The fourth-order valence-electron chi connectivity index (χ4n) is 3.45. The number of unbranched alkanes of at least 4 members (excludes halogenated alkanes) is 6. The SMILES string of the molecule is CCCCC/C=C\C/C=C\C/C=C\C/C=C\CCCCCC(=O)OC(CC(=O)[O-])C[N+](C)(C)C. The van der Waals surface area contributed by atoms with Crippen LogP contribution in [0.1, 0.15) is 90.4 Å². The van der Waals surface area contributed by atoms with Gasteiger partial charge in [-0.25, -0.2) is 0 Å². The molecule has 0 rings (SSSR count). The van der Waals surface area contributed by atoms with E-state index in [-0.39, 0.29) is 12.4 Å². The minimum atomic E-state index is -1.19. The highest BCUT2D eigenvalue weighted by atomic mass is 16.5. The van der Waals surface area contributed by atoms with Gasteiger partial charge in [0.25, 0.3) is 0 Å². The number of allylic oxidation sites excluding steroid dienone is 8. The Balaban J connectivity index is 3.76. The molecule has 0 saturated carbocycles. The standard InChI is InChI=1S/C29H49NO4/c1-5-6-7-8-9-10-11-12-13-14-15-16-17-18-19-20-21-22-23-24-29(33)34-27(25-28(31)32)26-30(2,3)4/h9-10,12-13,15-16,18-19,27H,5-8,11,14,17,20-26H2,1-4H3/b10-9-,13-12-,16-15-,19-18-. The molecule has 0 radical (unpaired) electrons. The summed E-state index contributed by atoms with van der Waals surface area (Å²) < 4.78 is 5.90. The number of carbonyl (C=O) groups excluding carboxylic acids is 2. The number of esters is 1. The predicted octanol–water partition coefficient (Wildman–Crippen LogP) is 5.67. The van der Waals surface area contributed by atoms with Crippen molar-refractivity contribution in [3.63, 3.8) is 0 Å². The number of quaternary nitrogens is 1. The molecule has 0 aliphatic rings. The minimum Gasteiger partial charge on any atom is -0.550 e. The summed E-state index contributed by atoms with van der Waals surface area (Å²) in [6.45, 7) is 2.68. The van der Waals surface area contributed by atoms with Crippen molar-refractivity contribution in [2.45, 2.75) is 96.5 Å². The number of carboxylic acid groups (broad SMARTS) is 1. The van der Waals surface area contributed by atoms with E-state index in [2.05, 4.69) is 55.5 Å². The Labute approximate surface area is 208 Å². The van der Waals surface area contributed by atoms with Crippen LogP contribution in [0, 0.1) is 0 Å². The lowest BCUT2D eigenvalue weighted by molar-refractivity contribution is -0.873. The number of carboxylic acids is 1. The number of hydrogen-bond donors (Lipinski definition) is 0. The van der Waals surface area contributed by atoms with Gasteiger partial charge in [0.15, 0.2) is 6.10 Å². The third-order valence-electron chi connectivity index (χ3n) is 5.15. The van der Waals surface area contributed by atoms with Gasteiger partial charge in [0.05, 0.1) is 21.1 Å². The lowest BCUT2D eigenvalue weighted by Crippen LogP contribution is -2.45.